The first kappa shape index (κ1) is 24.3. The molecule has 0 saturated carbocycles. The van der Waals surface area contributed by atoms with Gasteiger partial charge in [0, 0.05) is 7.05 Å². The number of rotatable bonds is 10. The van der Waals surface area contributed by atoms with Crippen molar-refractivity contribution in [2.75, 3.05) is 31.8 Å². The molecular weight excluding hydrogens is 420 g/mol. The van der Waals surface area contributed by atoms with E-state index in [1.807, 2.05) is 19.1 Å². The molecule has 0 aliphatic rings. The molecule has 0 bridgehead atoms. The minimum absolute atomic E-state index is 0.218. The Bertz CT molecular complexity index is 992. The van der Waals surface area contributed by atoms with Crippen LogP contribution in [0.1, 0.15) is 31.9 Å². The van der Waals surface area contributed by atoms with Crippen molar-refractivity contribution in [1.29, 1.82) is 0 Å². The monoisotopic (exact) mass is 450 g/mol. The maximum absolute atomic E-state index is 12.7. The van der Waals surface area contributed by atoms with Gasteiger partial charge in [-0.25, -0.2) is 8.42 Å². The molecule has 0 fully saturated rings. The Hall–Kier alpha value is -2.94. The van der Waals surface area contributed by atoms with Crippen LogP contribution in [0.2, 0.25) is 0 Å². The highest BCUT2D eigenvalue weighted by Crippen LogP contribution is 2.31. The first-order valence-electron chi connectivity index (χ1n) is 9.83. The number of carbonyl (C=O) groups excluding carboxylic acids is 1. The summed E-state index contributed by atoms with van der Waals surface area (Å²) in [6.45, 7) is 3.64. The van der Waals surface area contributed by atoms with Crippen molar-refractivity contribution >= 4 is 21.6 Å². The summed E-state index contributed by atoms with van der Waals surface area (Å²) < 4.78 is 40.8. The number of nitrogens with one attached hydrogen (secondary N) is 1. The van der Waals surface area contributed by atoms with Crippen LogP contribution >= 0.6 is 0 Å². The summed E-state index contributed by atoms with van der Waals surface area (Å²) in [5.41, 5.74) is 1.40. The molecule has 1 N–H and O–H groups in total. The van der Waals surface area contributed by atoms with Crippen LogP contribution in [0, 0.1) is 0 Å². The number of benzene rings is 2. The second kappa shape index (κ2) is 10.4. The Morgan fingerprint density at radius 3 is 2.19 bits per heavy atom. The van der Waals surface area contributed by atoms with E-state index in [9.17, 15) is 13.2 Å². The molecule has 1 amide bonds. The van der Waals surface area contributed by atoms with Gasteiger partial charge in [0.1, 0.15) is 5.75 Å². The van der Waals surface area contributed by atoms with E-state index >= 15 is 0 Å². The Morgan fingerprint density at radius 2 is 1.68 bits per heavy atom. The largest absolute Gasteiger partial charge is 0.493 e. The topological polar surface area (TPSA) is 94.2 Å². The third-order valence-corrected chi connectivity index (χ3v) is 6.12. The second-order valence-corrected chi connectivity index (χ2v) is 9.08. The van der Waals surface area contributed by atoms with Gasteiger partial charge in [-0.3, -0.25) is 9.10 Å². The third-order valence-electron chi connectivity index (χ3n) is 4.91. The summed E-state index contributed by atoms with van der Waals surface area (Å²) in [5.74, 6) is 1.41. The van der Waals surface area contributed by atoms with E-state index in [1.165, 1.54) is 11.4 Å². The molecule has 8 nitrogen and oxygen atoms in total. The molecule has 170 valence electrons. The first-order valence-corrected chi connectivity index (χ1v) is 11.7. The Balaban J connectivity index is 2.05. The van der Waals surface area contributed by atoms with E-state index < -0.39 is 16.1 Å². The first-order chi connectivity index (χ1) is 14.6. The normalized spacial score (nSPS) is 13.1. The molecule has 0 spiro atoms. The molecule has 0 unspecified atom stereocenters. The molecule has 31 heavy (non-hydrogen) atoms. The lowest BCUT2D eigenvalue weighted by Gasteiger charge is -2.22. The van der Waals surface area contributed by atoms with Crippen molar-refractivity contribution in [3.05, 3.63) is 48.0 Å². The highest BCUT2D eigenvalue weighted by Gasteiger charge is 2.21. The SMILES string of the molecule is CC[C@H](NC(=O)[C@H](C)Oc1ccc(N(C)S(C)(=O)=O)cc1)c1ccc(OC)c(OC)c1. The predicted octanol–water partition coefficient (Wildman–Crippen LogP) is 3.13. The molecule has 0 aliphatic carbocycles. The van der Waals surface area contributed by atoms with Gasteiger partial charge in [-0.1, -0.05) is 13.0 Å². The van der Waals surface area contributed by atoms with Crippen LogP contribution in [0.4, 0.5) is 5.69 Å². The Kier molecular flexibility index (Phi) is 8.15. The Labute approximate surface area is 184 Å². The molecule has 0 radical (unpaired) electrons. The van der Waals surface area contributed by atoms with Crippen LogP contribution in [0.15, 0.2) is 42.5 Å². The summed E-state index contributed by atoms with van der Waals surface area (Å²) in [4.78, 5) is 12.7. The van der Waals surface area contributed by atoms with Gasteiger partial charge < -0.3 is 19.5 Å². The lowest BCUT2D eigenvalue weighted by Crippen LogP contribution is -2.38. The van der Waals surface area contributed by atoms with Crippen LogP contribution in [0.25, 0.3) is 0 Å². The lowest BCUT2D eigenvalue weighted by molar-refractivity contribution is -0.128. The van der Waals surface area contributed by atoms with Crippen molar-refractivity contribution in [2.45, 2.75) is 32.4 Å². The summed E-state index contributed by atoms with van der Waals surface area (Å²) >= 11 is 0. The highest BCUT2D eigenvalue weighted by atomic mass is 32.2. The zero-order valence-corrected chi connectivity index (χ0v) is 19.5. The maximum Gasteiger partial charge on any atom is 0.261 e. The zero-order valence-electron chi connectivity index (χ0n) is 18.7. The van der Waals surface area contributed by atoms with E-state index in [2.05, 4.69) is 5.32 Å². The van der Waals surface area contributed by atoms with Crippen molar-refractivity contribution in [3.8, 4) is 17.2 Å². The molecule has 2 aromatic carbocycles. The minimum atomic E-state index is -3.35. The van der Waals surface area contributed by atoms with Gasteiger partial charge in [0.25, 0.3) is 5.91 Å². The van der Waals surface area contributed by atoms with Crippen LogP contribution in [-0.2, 0) is 14.8 Å². The summed E-state index contributed by atoms with van der Waals surface area (Å²) in [6, 6.07) is 11.8. The van der Waals surface area contributed by atoms with E-state index in [0.717, 1.165) is 11.8 Å². The van der Waals surface area contributed by atoms with Crippen molar-refractivity contribution in [1.82, 2.24) is 5.32 Å². The average Bonchev–Trinajstić information content (AvgIpc) is 2.76. The van der Waals surface area contributed by atoms with Gasteiger partial charge in [0.2, 0.25) is 10.0 Å². The zero-order chi connectivity index (χ0) is 23.2. The summed E-state index contributed by atoms with van der Waals surface area (Å²) in [5, 5.41) is 2.99. The number of methoxy groups -OCH3 is 2. The fourth-order valence-corrected chi connectivity index (χ4v) is 3.47. The van der Waals surface area contributed by atoms with E-state index in [4.69, 9.17) is 14.2 Å². The van der Waals surface area contributed by atoms with Gasteiger partial charge in [-0.2, -0.15) is 0 Å². The number of amides is 1. The van der Waals surface area contributed by atoms with Gasteiger partial charge in [-0.15, -0.1) is 0 Å². The van der Waals surface area contributed by atoms with Gasteiger partial charge >= 0.3 is 0 Å². The maximum atomic E-state index is 12.7. The van der Waals surface area contributed by atoms with E-state index in [1.54, 1.807) is 51.5 Å². The van der Waals surface area contributed by atoms with Crippen molar-refractivity contribution in [2.24, 2.45) is 0 Å². The Morgan fingerprint density at radius 1 is 1.06 bits per heavy atom. The fourth-order valence-electron chi connectivity index (χ4n) is 2.96. The summed E-state index contributed by atoms with van der Waals surface area (Å²) in [6.07, 6.45) is 1.07. The molecule has 0 saturated heterocycles. The molecule has 0 aliphatic heterocycles. The van der Waals surface area contributed by atoms with E-state index in [-0.39, 0.29) is 11.9 Å². The number of nitrogens with zero attached hydrogens (tertiary/aromatic N) is 1. The third kappa shape index (κ3) is 6.27. The molecule has 2 rings (SSSR count). The van der Waals surface area contributed by atoms with Crippen LogP contribution in [0.3, 0.4) is 0 Å². The molecular formula is C22H30N2O6S. The lowest BCUT2D eigenvalue weighted by atomic mass is 10.0. The number of ether oxygens (including phenoxy) is 3. The van der Waals surface area contributed by atoms with Gasteiger partial charge in [0.15, 0.2) is 17.6 Å². The number of carbonyl (C=O) groups is 1. The van der Waals surface area contributed by atoms with Gasteiger partial charge in [0.05, 0.1) is 32.2 Å². The number of anilines is 1. The summed E-state index contributed by atoms with van der Waals surface area (Å²) in [7, 11) is 1.26. The van der Waals surface area contributed by atoms with Crippen LogP contribution < -0.4 is 23.8 Å². The molecule has 9 heteroatoms. The fraction of sp³-hybridized carbons (Fsp3) is 0.409. The predicted molar refractivity (Wildman–Crippen MR) is 120 cm³/mol. The minimum Gasteiger partial charge on any atom is -0.493 e. The quantitative estimate of drug-likeness (QED) is 0.598. The average molecular weight is 451 g/mol. The highest BCUT2D eigenvalue weighted by molar-refractivity contribution is 7.92. The molecule has 2 aromatic rings. The van der Waals surface area contributed by atoms with Gasteiger partial charge in [-0.05, 0) is 55.3 Å². The standard InChI is InChI=1S/C22H30N2O6S/c1-7-19(16-8-13-20(28-4)21(14-16)29-5)23-22(25)15(2)30-18-11-9-17(10-12-18)24(3)31(6,26)27/h8-15,19H,7H2,1-6H3,(H,23,25)/t15-,19-/m0/s1. The number of sulfonamides is 1. The number of hydrogen-bond donors (Lipinski definition) is 1. The number of hydrogen-bond acceptors (Lipinski definition) is 6. The second-order valence-electron chi connectivity index (χ2n) is 7.07. The van der Waals surface area contributed by atoms with Crippen molar-refractivity contribution in [3.63, 3.8) is 0 Å². The molecule has 2 atom stereocenters. The smallest absolute Gasteiger partial charge is 0.261 e. The van der Waals surface area contributed by atoms with Crippen molar-refractivity contribution < 1.29 is 27.4 Å². The molecule has 0 aromatic heterocycles. The van der Waals surface area contributed by atoms with E-state index in [0.29, 0.717) is 29.4 Å². The molecule has 0 heterocycles. The van der Waals surface area contributed by atoms with Crippen LogP contribution in [-0.4, -0.2) is 48.0 Å². The van der Waals surface area contributed by atoms with Crippen LogP contribution in [0.5, 0.6) is 17.2 Å².